The molecule has 0 unspecified atom stereocenters. The van der Waals surface area contributed by atoms with Crippen LogP contribution in [0.3, 0.4) is 0 Å². The minimum atomic E-state index is -0.756. The average molecular weight is 388 g/mol. The number of aromatic nitrogens is 1. The molecule has 1 fully saturated rings. The molecule has 1 saturated heterocycles. The molecule has 0 atom stereocenters. The van der Waals surface area contributed by atoms with Crippen molar-refractivity contribution < 1.29 is 14.3 Å². The molecule has 0 bridgehead atoms. The highest BCUT2D eigenvalue weighted by molar-refractivity contribution is 7.07. The summed E-state index contributed by atoms with van der Waals surface area (Å²) in [5.74, 6) is -0.145. The third kappa shape index (κ3) is 4.64. The Morgan fingerprint density at radius 3 is 2.63 bits per heavy atom. The molecule has 144 valence electrons. The van der Waals surface area contributed by atoms with Crippen molar-refractivity contribution in [1.29, 1.82) is 0 Å². The van der Waals surface area contributed by atoms with Crippen LogP contribution in [0.5, 0.6) is 0 Å². The van der Waals surface area contributed by atoms with Gasteiger partial charge in [-0.25, -0.2) is 4.98 Å². The van der Waals surface area contributed by atoms with Crippen LogP contribution in [-0.2, 0) is 9.53 Å². The zero-order valence-corrected chi connectivity index (χ0v) is 16.1. The number of thiazole rings is 1. The summed E-state index contributed by atoms with van der Waals surface area (Å²) in [6.45, 7) is 1.90. The fourth-order valence-electron chi connectivity index (χ4n) is 3.21. The highest BCUT2D eigenvalue weighted by Gasteiger charge is 2.42. The number of amides is 2. The summed E-state index contributed by atoms with van der Waals surface area (Å²) >= 11 is 1.40. The van der Waals surface area contributed by atoms with E-state index in [2.05, 4.69) is 15.6 Å². The molecule has 1 aromatic heterocycles. The van der Waals surface area contributed by atoms with Gasteiger partial charge in [0.25, 0.3) is 5.91 Å². The molecule has 0 aliphatic carbocycles. The van der Waals surface area contributed by atoms with Crippen LogP contribution in [0.2, 0.25) is 0 Å². The minimum absolute atomic E-state index is 0.0656. The number of ether oxygens (including phenoxy) is 1. The first-order valence-corrected chi connectivity index (χ1v) is 9.87. The number of para-hydroxylation sites is 1. The molecule has 2 aromatic rings. The van der Waals surface area contributed by atoms with Crippen LogP contribution in [-0.4, -0.2) is 60.6 Å². The molecule has 2 N–H and O–H groups in total. The van der Waals surface area contributed by atoms with Crippen molar-refractivity contribution in [3.8, 4) is 0 Å². The van der Waals surface area contributed by atoms with Crippen LogP contribution in [0.25, 0.3) is 0 Å². The van der Waals surface area contributed by atoms with Gasteiger partial charge in [0, 0.05) is 37.8 Å². The van der Waals surface area contributed by atoms with Crippen molar-refractivity contribution in [3.63, 3.8) is 0 Å². The van der Waals surface area contributed by atoms with E-state index in [1.54, 1.807) is 22.9 Å². The largest absolute Gasteiger partial charge is 0.383 e. The van der Waals surface area contributed by atoms with Gasteiger partial charge in [0.2, 0.25) is 5.91 Å². The molecule has 27 heavy (non-hydrogen) atoms. The van der Waals surface area contributed by atoms with E-state index in [0.717, 1.165) is 5.69 Å². The van der Waals surface area contributed by atoms with E-state index in [-0.39, 0.29) is 11.8 Å². The molecule has 1 aliphatic heterocycles. The van der Waals surface area contributed by atoms with Gasteiger partial charge in [-0.2, -0.15) is 0 Å². The number of methoxy groups -OCH3 is 1. The first kappa shape index (κ1) is 19.3. The second-order valence-corrected chi connectivity index (χ2v) is 7.21. The van der Waals surface area contributed by atoms with E-state index in [0.29, 0.717) is 44.8 Å². The van der Waals surface area contributed by atoms with Gasteiger partial charge in [-0.1, -0.05) is 18.2 Å². The van der Waals surface area contributed by atoms with E-state index >= 15 is 0 Å². The summed E-state index contributed by atoms with van der Waals surface area (Å²) in [7, 11) is 1.60. The summed E-state index contributed by atoms with van der Waals surface area (Å²) in [5.41, 5.74) is 2.25. The predicted molar refractivity (Wildman–Crippen MR) is 105 cm³/mol. The number of nitrogens with one attached hydrogen (secondary N) is 2. The lowest BCUT2D eigenvalue weighted by molar-refractivity contribution is -0.127. The molecule has 8 heteroatoms. The SMILES string of the molecule is COCCNC(=O)C1(Nc2ccccc2)CCN(C(=O)c2cscn2)CC1. The van der Waals surface area contributed by atoms with E-state index in [1.807, 2.05) is 30.3 Å². The molecular formula is C19H24N4O3S. The summed E-state index contributed by atoms with van der Waals surface area (Å²) in [6.07, 6.45) is 1.05. The molecule has 2 heterocycles. The average Bonchev–Trinajstić information content (AvgIpc) is 3.24. The fraction of sp³-hybridized carbons (Fsp3) is 0.421. The monoisotopic (exact) mass is 388 g/mol. The van der Waals surface area contributed by atoms with Crippen LogP contribution in [0.15, 0.2) is 41.2 Å². The number of anilines is 1. The second kappa shape index (κ2) is 8.96. The summed E-state index contributed by atoms with van der Waals surface area (Å²) < 4.78 is 5.03. The van der Waals surface area contributed by atoms with Crippen LogP contribution in [0.4, 0.5) is 5.69 Å². The lowest BCUT2D eigenvalue weighted by atomic mass is 9.85. The molecule has 1 aliphatic rings. The van der Waals surface area contributed by atoms with E-state index in [4.69, 9.17) is 4.74 Å². The van der Waals surface area contributed by atoms with Gasteiger partial charge in [-0.05, 0) is 25.0 Å². The van der Waals surface area contributed by atoms with E-state index in [9.17, 15) is 9.59 Å². The van der Waals surface area contributed by atoms with Crippen molar-refractivity contribution in [2.45, 2.75) is 18.4 Å². The number of piperidine rings is 1. The predicted octanol–water partition coefficient (Wildman–Crippen LogP) is 1.99. The van der Waals surface area contributed by atoms with Crippen molar-refractivity contribution >= 4 is 28.8 Å². The number of benzene rings is 1. The Labute approximate surface area is 162 Å². The van der Waals surface area contributed by atoms with Crippen LogP contribution >= 0.6 is 11.3 Å². The maximum Gasteiger partial charge on any atom is 0.273 e. The second-order valence-electron chi connectivity index (χ2n) is 6.49. The van der Waals surface area contributed by atoms with Gasteiger partial charge in [0.15, 0.2) is 0 Å². The van der Waals surface area contributed by atoms with Gasteiger partial charge in [-0.15, -0.1) is 11.3 Å². The number of nitrogens with zero attached hydrogens (tertiary/aromatic N) is 2. The standard InChI is InChI=1S/C19H24N4O3S/c1-26-12-9-20-18(25)19(22-15-5-3-2-4-6-15)7-10-23(11-8-19)17(24)16-13-27-14-21-16/h2-6,13-14,22H,7-12H2,1H3,(H,20,25). The van der Waals surface area contributed by atoms with Crippen molar-refractivity contribution in [2.75, 3.05) is 38.7 Å². The molecule has 0 spiro atoms. The lowest BCUT2D eigenvalue weighted by Gasteiger charge is -2.41. The third-order valence-electron chi connectivity index (χ3n) is 4.74. The Hall–Kier alpha value is -2.45. The minimum Gasteiger partial charge on any atom is -0.383 e. The van der Waals surface area contributed by atoms with Gasteiger partial charge in [-0.3, -0.25) is 9.59 Å². The first-order valence-electron chi connectivity index (χ1n) is 8.92. The smallest absolute Gasteiger partial charge is 0.273 e. The summed E-state index contributed by atoms with van der Waals surface area (Å²) in [5, 5.41) is 8.11. The fourth-order valence-corrected chi connectivity index (χ4v) is 3.74. The lowest BCUT2D eigenvalue weighted by Crippen LogP contribution is -2.59. The molecule has 0 saturated carbocycles. The topological polar surface area (TPSA) is 83.6 Å². The Kier molecular flexibility index (Phi) is 6.41. The maximum atomic E-state index is 13.0. The number of likely N-dealkylation sites (tertiary alicyclic amines) is 1. The Morgan fingerprint density at radius 2 is 2.00 bits per heavy atom. The number of hydrogen-bond acceptors (Lipinski definition) is 6. The van der Waals surface area contributed by atoms with Gasteiger partial charge in [0.1, 0.15) is 11.2 Å². The third-order valence-corrected chi connectivity index (χ3v) is 5.33. The molecule has 3 rings (SSSR count). The zero-order chi connectivity index (χ0) is 19.1. The van der Waals surface area contributed by atoms with E-state index in [1.165, 1.54) is 11.3 Å². The molecule has 1 aromatic carbocycles. The van der Waals surface area contributed by atoms with Gasteiger partial charge >= 0.3 is 0 Å². The van der Waals surface area contributed by atoms with Gasteiger partial charge < -0.3 is 20.3 Å². The molecule has 7 nitrogen and oxygen atoms in total. The first-order chi connectivity index (χ1) is 13.1. The van der Waals surface area contributed by atoms with Crippen molar-refractivity contribution in [1.82, 2.24) is 15.2 Å². The Balaban J connectivity index is 1.71. The Bertz CT molecular complexity index is 744. The Morgan fingerprint density at radius 1 is 1.26 bits per heavy atom. The maximum absolute atomic E-state index is 13.0. The van der Waals surface area contributed by atoms with Crippen LogP contribution in [0.1, 0.15) is 23.3 Å². The van der Waals surface area contributed by atoms with Crippen molar-refractivity contribution in [2.24, 2.45) is 0 Å². The normalized spacial score (nSPS) is 16.0. The number of carbonyl (C=O) groups excluding carboxylic acids is 2. The number of carbonyl (C=O) groups is 2. The summed E-state index contributed by atoms with van der Waals surface area (Å²) in [6, 6.07) is 9.68. The summed E-state index contributed by atoms with van der Waals surface area (Å²) in [4.78, 5) is 31.4. The quantitative estimate of drug-likeness (QED) is 0.709. The van der Waals surface area contributed by atoms with Gasteiger partial charge in [0.05, 0.1) is 12.1 Å². The molecule has 2 amide bonds. The zero-order valence-electron chi connectivity index (χ0n) is 15.3. The highest BCUT2D eigenvalue weighted by atomic mass is 32.1. The van der Waals surface area contributed by atoms with Crippen LogP contribution < -0.4 is 10.6 Å². The van der Waals surface area contributed by atoms with Crippen LogP contribution in [0, 0.1) is 0 Å². The van der Waals surface area contributed by atoms with E-state index < -0.39 is 5.54 Å². The van der Waals surface area contributed by atoms with Crippen molar-refractivity contribution in [3.05, 3.63) is 46.9 Å². The molecule has 0 radical (unpaired) electrons. The highest BCUT2D eigenvalue weighted by Crippen LogP contribution is 2.28. The number of hydrogen-bond donors (Lipinski definition) is 2. The number of rotatable bonds is 7. The molecular weight excluding hydrogens is 364 g/mol.